The molecule has 0 spiro atoms. The number of hydrogen-bond acceptors (Lipinski definition) is 1. The molecule has 2 rings (SSSR count). The summed E-state index contributed by atoms with van der Waals surface area (Å²) in [5.74, 6) is 3.82. The van der Waals surface area contributed by atoms with Crippen LogP contribution in [0.3, 0.4) is 0 Å². The van der Waals surface area contributed by atoms with E-state index in [0.717, 1.165) is 30.3 Å². The van der Waals surface area contributed by atoms with E-state index in [4.69, 9.17) is 0 Å². The van der Waals surface area contributed by atoms with Crippen molar-refractivity contribution in [3.05, 3.63) is 0 Å². The number of likely N-dealkylation sites (tertiary alicyclic amines) is 1. The Bertz CT molecular complexity index is 285. The van der Waals surface area contributed by atoms with E-state index in [1.165, 1.54) is 45.2 Å². The lowest BCUT2D eigenvalue weighted by molar-refractivity contribution is 0.319. The molecule has 19 heavy (non-hydrogen) atoms. The molecule has 2 fully saturated rings. The monoisotopic (exact) mass is 379 g/mol. The molecule has 0 amide bonds. The second-order valence-electron chi connectivity index (χ2n) is 5.94. The molecular weight excluding hydrogens is 349 g/mol. The lowest BCUT2D eigenvalue weighted by Gasteiger charge is -2.24. The first-order valence-electron chi connectivity index (χ1n) is 7.74. The Labute approximate surface area is 135 Å². The molecule has 0 bridgehead atoms. The third-order valence-corrected chi connectivity index (χ3v) is 4.70. The average Bonchev–Trinajstić information content (AvgIpc) is 3.10. The van der Waals surface area contributed by atoms with Crippen molar-refractivity contribution in [2.75, 3.05) is 26.7 Å². The van der Waals surface area contributed by atoms with Gasteiger partial charge in [-0.3, -0.25) is 4.99 Å². The molecule has 4 heteroatoms. The van der Waals surface area contributed by atoms with Gasteiger partial charge in [0, 0.05) is 26.7 Å². The number of guanidine groups is 1. The first-order chi connectivity index (χ1) is 8.78. The predicted octanol–water partition coefficient (Wildman–Crippen LogP) is 3.35. The van der Waals surface area contributed by atoms with Crippen LogP contribution in [0.15, 0.2) is 4.99 Å². The van der Waals surface area contributed by atoms with Crippen LogP contribution in [0.1, 0.15) is 46.0 Å². The van der Waals surface area contributed by atoms with E-state index >= 15 is 0 Å². The summed E-state index contributed by atoms with van der Waals surface area (Å²) in [7, 11) is 1.92. The third kappa shape index (κ3) is 4.80. The molecule has 0 radical (unpaired) electrons. The maximum atomic E-state index is 4.45. The quantitative estimate of drug-likeness (QED) is 0.451. The fourth-order valence-corrected chi connectivity index (χ4v) is 3.21. The summed E-state index contributed by atoms with van der Waals surface area (Å²) < 4.78 is 0. The van der Waals surface area contributed by atoms with Crippen molar-refractivity contribution in [3.63, 3.8) is 0 Å². The molecular formula is C15H30IN3. The molecule has 1 unspecified atom stereocenters. The zero-order valence-corrected chi connectivity index (χ0v) is 15.0. The van der Waals surface area contributed by atoms with Crippen molar-refractivity contribution < 1.29 is 0 Å². The van der Waals surface area contributed by atoms with E-state index in [1.807, 2.05) is 7.05 Å². The molecule has 1 saturated carbocycles. The maximum absolute atomic E-state index is 4.45. The summed E-state index contributed by atoms with van der Waals surface area (Å²) in [5.41, 5.74) is 0. The Morgan fingerprint density at radius 3 is 2.47 bits per heavy atom. The summed E-state index contributed by atoms with van der Waals surface area (Å²) in [5, 5.41) is 3.54. The number of nitrogens with zero attached hydrogens (tertiary/aromatic N) is 2. The number of aliphatic imine (C=N–C) groups is 1. The fraction of sp³-hybridized carbons (Fsp3) is 0.933. The molecule has 2 aliphatic rings. The zero-order chi connectivity index (χ0) is 13.0. The lowest BCUT2D eigenvalue weighted by atomic mass is 9.87. The van der Waals surface area contributed by atoms with Gasteiger partial charge in [0.15, 0.2) is 5.96 Å². The molecule has 1 aliphatic carbocycles. The summed E-state index contributed by atoms with van der Waals surface area (Å²) in [6.07, 6.45) is 6.80. The molecule has 1 atom stereocenters. The number of halogens is 1. The van der Waals surface area contributed by atoms with E-state index in [-0.39, 0.29) is 24.0 Å². The highest BCUT2D eigenvalue weighted by atomic mass is 127. The van der Waals surface area contributed by atoms with Gasteiger partial charge in [-0.25, -0.2) is 0 Å². The first kappa shape index (κ1) is 17.1. The highest BCUT2D eigenvalue weighted by molar-refractivity contribution is 14.0. The molecule has 3 nitrogen and oxygen atoms in total. The summed E-state index contributed by atoms with van der Waals surface area (Å²) >= 11 is 0. The molecule has 112 valence electrons. The van der Waals surface area contributed by atoms with Crippen molar-refractivity contribution in [2.45, 2.75) is 46.0 Å². The number of rotatable bonds is 5. The minimum absolute atomic E-state index is 0. The molecule has 1 N–H and O–H groups in total. The van der Waals surface area contributed by atoms with E-state index in [1.54, 1.807) is 0 Å². The van der Waals surface area contributed by atoms with Crippen LogP contribution in [0.4, 0.5) is 0 Å². The second kappa shape index (κ2) is 8.32. The van der Waals surface area contributed by atoms with E-state index < -0.39 is 0 Å². The maximum Gasteiger partial charge on any atom is 0.193 e. The van der Waals surface area contributed by atoms with Gasteiger partial charge in [0.2, 0.25) is 0 Å². The molecule has 0 aromatic heterocycles. The van der Waals surface area contributed by atoms with Crippen LogP contribution in [-0.4, -0.2) is 37.5 Å². The van der Waals surface area contributed by atoms with E-state index in [2.05, 4.69) is 29.1 Å². The Hall–Kier alpha value is 0. The molecule has 1 saturated heterocycles. The third-order valence-electron chi connectivity index (χ3n) is 4.70. The van der Waals surface area contributed by atoms with Crippen molar-refractivity contribution in [3.8, 4) is 0 Å². The van der Waals surface area contributed by atoms with Gasteiger partial charge in [0.25, 0.3) is 0 Å². The summed E-state index contributed by atoms with van der Waals surface area (Å²) in [4.78, 5) is 6.91. The largest absolute Gasteiger partial charge is 0.356 e. The smallest absolute Gasteiger partial charge is 0.193 e. The Morgan fingerprint density at radius 2 is 1.95 bits per heavy atom. The van der Waals surface area contributed by atoms with Crippen molar-refractivity contribution in [1.29, 1.82) is 0 Å². The van der Waals surface area contributed by atoms with E-state index in [0.29, 0.717) is 0 Å². The Morgan fingerprint density at radius 1 is 1.26 bits per heavy atom. The molecule has 0 aromatic rings. The molecule has 1 aliphatic heterocycles. The normalized spacial score (nSPS) is 23.7. The van der Waals surface area contributed by atoms with Crippen molar-refractivity contribution >= 4 is 29.9 Å². The minimum Gasteiger partial charge on any atom is -0.356 e. The SMILES string of the molecule is CCC(CC)C1CCN(C(=NC)NCC2CC2)C1.I. The van der Waals surface area contributed by atoms with Gasteiger partial charge in [-0.15, -0.1) is 24.0 Å². The Kier molecular flexibility index (Phi) is 7.47. The van der Waals surface area contributed by atoms with E-state index in [9.17, 15) is 0 Å². The lowest BCUT2D eigenvalue weighted by Crippen LogP contribution is -2.41. The van der Waals surface area contributed by atoms with Gasteiger partial charge in [-0.1, -0.05) is 26.7 Å². The fourth-order valence-electron chi connectivity index (χ4n) is 3.21. The van der Waals surface area contributed by atoms with Gasteiger partial charge in [-0.2, -0.15) is 0 Å². The van der Waals surface area contributed by atoms with Crippen molar-refractivity contribution in [1.82, 2.24) is 10.2 Å². The van der Waals surface area contributed by atoms with Crippen LogP contribution >= 0.6 is 24.0 Å². The first-order valence-corrected chi connectivity index (χ1v) is 7.74. The zero-order valence-electron chi connectivity index (χ0n) is 12.7. The van der Waals surface area contributed by atoms with Gasteiger partial charge in [0.05, 0.1) is 0 Å². The van der Waals surface area contributed by atoms with Crippen LogP contribution in [0.25, 0.3) is 0 Å². The van der Waals surface area contributed by atoms with Crippen LogP contribution in [0.2, 0.25) is 0 Å². The second-order valence-corrected chi connectivity index (χ2v) is 5.94. The van der Waals surface area contributed by atoms with Crippen LogP contribution in [0.5, 0.6) is 0 Å². The van der Waals surface area contributed by atoms with Gasteiger partial charge in [0.1, 0.15) is 0 Å². The Balaban J connectivity index is 0.00000180. The average molecular weight is 379 g/mol. The van der Waals surface area contributed by atoms with Gasteiger partial charge >= 0.3 is 0 Å². The molecule has 0 aromatic carbocycles. The van der Waals surface area contributed by atoms with Crippen molar-refractivity contribution in [2.24, 2.45) is 22.7 Å². The number of nitrogens with one attached hydrogen (secondary N) is 1. The van der Waals surface area contributed by atoms with Crippen LogP contribution in [0, 0.1) is 17.8 Å². The highest BCUT2D eigenvalue weighted by Crippen LogP contribution is 2.29. The standard InChI is InChI=1S/C15H29N3.HI/c1-4-13(5-2)14-8-9-18(11-14)15(16-3)17-10-12-6-7-12;/h12-14H,4-11H2,1-3H3,(H,16,17);1H. The summed E-state index contributed by atoms with van der Waals surface area (Å²) in [6.45, 7) is 8.18. The number of hydrogen-bond donors (Lipinski definition) is 1. The molecule has 1 heterocycles. The minimum atomic E-state index is 0. The van der Waals surface area contributed by atoms with Crippen LogP contribution in [-0.2, 0) is 0 Å². The highest BCUT2D eigenvalue weighted by Gasteiger charge is 2.30. The predicted molar refractivity (Wildman–Crippen MR) is 93.3 cm³/mol. The summed E-state index contributed by atoms with van der Waals surface area (Å²) in [6, 6.07) is 0. The van der Waals surface area contributed by atoms with Gasteiger partial charge in [-0.05, 0) is 37.0 Å². The van der Waals surface area contributed by atoms with Gasteiger partial charge < -0.3 is 10.2 Å². The topological polar surface area (TPSA) is 27.6 Å². The van der Waals surface area contributed by atoms with Crippen LogP contribution < -0.4 is 5.32 Å².